The number of aromatic amines is 1. The van der Waals surface area contributed by atoms with E-state index in [-0.39, 0.29) is 0 Å². The molecule has 2 N–H and O–H groups in total. The lowest BCUT2D eigenvalue weighted by Gasteiger charge is -2.01. The minimum atomic E-state index is 0.505. The zero-order chi connectivity index (χ0) is 9.80. The van der Waals surface area contributed by atoms with Crippen molar-refractivity contribution >= 4 is 21.7 Å². The number of pyridine rings is 1. The van der Waals surface area contributed by atoms with E-state index in [2.05, 4.69) is 46.9 Å². The lowest BCUT2D eigenvalue weighted by atomic mass is 10.4. The molecule has 14 heavy (non-hydrogen) atoms. The van der Waals surface area contributed by atoms with Crippen LogP contribution in [0, 0.1) is 0 Å². The molecule has 7 heteroatoms. The molecule has 2 heterocycles. The van der Waals surface area contributed by atoms with Crippen molar-refractivity contribution in [3.63, 3.8) is 0 Å². The summed E-state index contributed by atoms with van der Waals surface area (Å²) in [6, 6.07) is 3.77. The molecule has 0 aliphatic carbocycles. The maximum Gasteiger partial charge on any atom is 0.193 e. The third-order valence-electron chi connectivity index (χ3n) is 1.54. The van der Waals surface area contributed by atoms with Crippen LogP contribution in [-0.4, -0.2) is 25.6 Å². The second-order valence-corrected chi connectivity index (χ2v) is 3.46. The van der Waals surface area contributed by atoms with Gasteiger partial charge in [0.15, 0.2) is 5.82 Å². The molecular weight excluding hydrogens is 248 g/mol. The summed E-state index contributed by atoms with van der Waals surface area (Å²) >= 11 is 3.31. The van der Waals surface area contributed by atoms with Gasteiger partial charge in [-0.15, -0.1) is 10.2 Å². The van der Waals surface area contributed by atoms with E-state index in [0.29, 0.717) is 12.4 Å². The van der Waals surface area contributed by atoms with Crippen molar-refractivity contribution in [3.8, 4) is 0 Å². The lowest BCUT2D eigenvalue weighted by molar-refractivity contribution is 0.881. The molecule has 72 valence electrons. The van der Waals surface area contributed by atoms with Gasteiger partial charge in [0, 0.05) is 10.7 Å². The third-order valence-corrected chi connectivity index (χ3v) is 2.01. The number of tetrazole rings is 1. The molecule has 0 saturated heterocycles. The minimum absolute atomic E-state index is 0.505. The van der Waals surface area contributed by atoms with Crippen molar-refractivity contribution in [3.05, 3.63) is 28.6 Å². The van der Waals surface area contributed by atoms with Gasteiger partial charge in [0.05, 0.1) is 6.54 Å². The second-order valence-electron chi connectivity index (χ2n) is 2.54. The minimum Gasteiger partial charge on any atom is -0.363 e. The predicted molar refractivity (Wildman–Crippen MR) is 53.4 cm³/mol. The van der Waals surface area contributed by atoms with E-state index in [1.54, 1.807) is 6.20 Å². The van der Waals surface area contributed by atoms with Crippen LogP contribution in [0.4, 0.5) is 5.82 Å². The molecule has 0 radical (unpaired) electrons. The highest BCUT2D eigenvalue weighted by atomic mass is 79.9. The number of anilines is 1. The van der Waals surface area contributed by atoms with Crippen LogP contribution in [0.15, 0.2) is 22.8 Å². The SMILES string of the molecule is Brc1ccc(NCc2nn[nH]n2)nc1. The van der Waals surface area contributed by atoms with Gasteiger partial charge in [-0.05, 0) is 28.1 Å². The quantitative estimate of drug-likeness (QED) is 0.854. The summed E-state index contributed by atoms with van der Waals surface area (Å²) in [4.78, 5) is 4.13. The number of halogens is 1. The van der Waals surface area contributed by atoms with Crippen LogP contribution < -0.4 is 5.32 Å². The average Bonchev–Trinajstić information content (AvgIpc) is 2.70. The molecule has 0 aliphatic heterocycles. The van der Waals surface area contributed by atoms with E-state index < -0.39 is 0 Å². The summed E-state index contributed by atoms with van der Waals surface area (Å²) in [6.45, 7) is 0.505. The van der Waals surface area contributed by atoms with Crippen molar-refractivity contribution in [2.45, 2.75) is 6.54 Å². The Morgan fingerprint density at radius 1 is 1.43 bits per heavy atom. The molecule has 0 fully saturated rings. The molecule has 0 aliphatic rings. The maximum atomic E-state index is 4.13. The summed E-state index contributed by atoms with van der Waals surface area (Å²) in [5.41, 5.74) is 0. The zero-order valence-corrected chi connectivity index (χ0v) is 8.69. The summed E-state index contributed by atoms with van der Waals surface area (Å²) in [6.07, 6.45) is 1.72. The number of rotatable bonds is 3. The monoisotopic (exact) mass is 254 g/mol. The number of nitrogens with zero attached hydrogens (tertiary/aromatic N) is 4. The van der Waals surface area contributed by atoms with Crippen molar-refractivity contribution in [2.24, 2.45) is 0 Å². The number of hydrogen-bond donors (Lipinski definition) is 2. The summed E-state index contributed by atoms with van der Waals surface area (Å²) in [5.74, 6) is 1.38. The Morgan fingerprint density at radius 3 is 3.00 bits per heavy atom. The fourth-order valence-corrected chi connectivity index (χ4v) is 1.14. The first-order valence-electron chi connectivity index (χ1n) is 3.92. The van der Waals surface area contributed by atoms with Crippen LogP contribution in [0.3, 0.4) is 0 Å². The summed E-state index contributed by atoms with van der Waals surface area (Å²) in [5, 5.41) is 16.5. The Labute approximate surface area is 88.3 Å². The average molecular weight is 255 g/mol. The molecule has 0 aromatic carbocycles. The molecule has 2 rings (SSSR count). The van der Waals surface area contributed by atoms with Gasteiger partial charge in [-0.1, -0.05) is 5.21 Å². The second kappa shape index (κ2) is 4.14. The fraction of sp³-hybridized carbons (Fsp3) is 0.143. The van der Waals surface area contributed by atoms with Crippen molar-refractivity contribution in [1.29, 1.82) is 0 Å². The lowest BCUT2D eigenvalue weighted by Crippen LogP contribution is -2.02. The van der Waals surface area contributed by atoms with E-state index in [1.807, 2.05) is 12.1 Å². The van der Waals surface area contributed by atoms with Crippen LogP contribution in [0.25, 0.3) is 0 Å². The van der Waals surface area contributed by atoms with Gasteiger partial charge in [0.2, 0.25) is 0 Å². The van der Waals surface area contributed by atoms with Crippen LogP contribution in [0.2, 0.25) is 0 Å². The molecule has 2 aromatic heterocycles. The van der Waals surface area contributed by atoms with Gasteiger partial charge in [-0.25, -0.2) is 4.98 Å². The number of aromatic nitrogens is 5. The maximum absolute atomic E-state index is 4.13. The molecule has 6 nitrogen and oxygen atoms in total. The van der Waals surface area contributed by atoms with Gasteiger partial charge < -0.3 is 5.32 Å². The van der Waals surface area contributed by atoms with Crippen LogP contribution in [-0.2, 0) is 6.54 Å². The highest BCUT2D eigenvalue weighted by Gasteiger charge is 1.98. The van der Waals surface area contributed by atoms with Crippen LogP contribution >= 0.6 is 15.9 Å². The smallest absolute Gasteiger partial charge is 0.193 e. The van der Waals surface area contributed by atoms with E-state index in [1.165, 1.54) is 0 Å². The van der Waals surface area contributed by atoms with E-state index in [0.717, 1.165) is 10.3 Å². The molecular formula is C7H7BrN6. The highest BCUT2D eigenvalue weighted by molar-refractivity contribution is 9.10. The van der Waals surface area contributed by atoms with Crippen molar-refractivity contribution in [1.82, 2.24) is 25.6 Å². The first-order chi connectivity index (χ1) is 6.84. The normalized spacial score (nSPS) is 10.1. The van der Waals surface area contributed by atoms with Gasteiger partial charge in [0.25, 0.3) is 0 Å². The van der Waals surface area contributed by atoms with Gasteiger partial charge in [-0.3, -0.25) is 0 Å². The summed E-state index contributed by atoms with van der Waals surface area (Å²) in [7, 11) is 0. The van der Waals surface area contributed by atoms with Crippen molar-refractivity contribution in [2.75, 3.05) is 5.32 Å². The topological polar surface area (TPSA) is 79.4 Å². The Kier molecular flexibility index (Phi) is 2.68. The number of hydrogen-bond acceptors (Lipinski definition) is 5. The zero-order valence-electron chi connectivity index (χ0n) is 7.11. The van der Waals surface area contributed by atoms with E-state index in [9.17, 15) is 0 Å². The first-order valence-corrected chi connectivity index (χ1v) is 4.71. The Morgan fingerprint density at radius 2 is 2.36 bits per heavy atom. The van der Waals surface area contributed by atoms with Crippen molar-refractivity contribution < 1.29 is 0 Å². The van der Waals surface area contributed by atoms with Crippen LogP contribution in [0.1, 0.15) is 5.82 Å². The Balaban J connectivity index is 1.95. The highest BCUT2D eigenvalue weighted by Crippen LogP contribution is 2.10. The number of nitrogens with one attached hydrogen (secondary N) is 2. The fourth-order valence-electron chi connectivity index (χ4n) is 0.907. The van der Waals surface area contributed by atoms with Gasteiger partial charge in [-0.2, -0.15) is 5.21 Å². The Bertz CT molecular complexity index is 383. The standard InChI is InChI=1S/C7H7BrN6/c8-5-1-2-6(9-3-5)10-4-7-11-13-14-12-7/h1-3H,4H2,(H,9,10)(H,11,12,13,14). The molecule has 0 unspecified atom stereocenters. The third kappa shape index (κ3) is 2.25. The molecule has 2 aromatic rings. The predicted octanol–water partition coefficient (Wildman–Crippen LogP) is 0.969. The largest absolute Gasteiger partial charge is 0.363 e. The van der Waals surface area contributed by atoms with E-state index in [4.69, 9.17) is 0 Å². The molecule has 0 spiro atoms. The Hall–Kier alpha value is -1.50. The molecule has 0 atom stereocenters. The molecule has 0 bridgehead atoms. The van der Waals surface area contributed by atoms with Gasteiger partial charge >= 0.3 is 0 Å². The number of H-pyrrole nitrogens is 1. The van der Waals surface area contributed by atoms with Gasteiger partial charge in [0.1, 0.15) is 5.82 Å². The van der Waals surface area contributed by atoms with Crippen LogP contribution in [0.5, 0.6) is 0 Å². The first kappa shape index (κ1) is 9.07. The summed E-state index contributed by atoms with van der Waals surface area (Å²) < 4.78 is 0.947. The molecule has 0 saturated carbocycles. The molecule has 0 amide bonds. The van der Waals surface area contributed by atoms with E-state index >= 15 is 0 Å².